The summed E-state index contributed by atoms with van der Waals surface area (Å²) < 4.78 is 59.9. The number of hydrogen-bond donors (Lipinski definition) is 10. The lowest BCUT2D eigenvalue weighted by molar-refractivity contribution is -0.160. The molecule has 2 aliphatic heterocycles. The van der Waals surface area contributed by atoms with Crippen LogP contribution in [-0.2, 0) is 43.5 Å². The van der Waals surface area contributed by atoms with Gasteiger partial charge in [-0.15, -0.1) is 0 Å². The zero-order chi connectivity index (χ0) is 96.2. The maximum Gasteiger partial charge on any atom is 0.308 e. The molecule has 8 aromatic carbocycles. The highest BCUT2D eigenvalue weighted by Crippen LogP contribution is 2.47. The molecule has 0 unspecified atom stereocenters. The number of nitrogens with two attached hydrogens (primary N) is 1. The van der Waals surface area contributed by atoms with Crippen LogP contribution in [-0.4, -0.2) is 130 Å². The first-order chi connectivity index (χ1) is 65.6. The summed E-state index contributed by atoms with van der Waals surface area (Å²) >= 11 is 0. The molecule has 0 spiro atoms. The maximum atomic E-state index is 14.4. The number of aliphatic hydroxyl groups excluding tert-OH is 3. The molecule has 2 saturated heterocycles. The largest absolute Gasteiger partial charge is 0.481 e. The number of ether oxygens (including phenoxy) is 2. The summed E-state index contributed by atoms with van der Waals surface area (Å²) in [6, 6.07) is 70.0. The summed E-state index contributed by atoms with van der Waals surface area (Å²) in [6.45, 7) is 15.1. The number of para-hydroxylation sites is 5. The first-order valence-electron chi connectivity index (χ1n) is 45.3. The Hall–Kier alpha value is -15.3. The molecule has 8 heterocycles. The number of carboxylic acid groups (broad SMARTS) is 1. The van der Waals surface area contributed by atoms with Gasteiger partial charge in [-0.25, -0.2) is 43.1 Å². The van der Waals surface area contributed by atoms with Crippen molar-refractivity contribution in [1.82, 2.24) is 43.6 Å². The Morgan fingerprint density at radius 3 is 1.10 bits per heavy atom. The number of anilines is 8. The van der Waals surface area contributed by atoms with Crippen molar-refractivity contribution in [3.05, 3.63) is 312 Å². The van der Waals surface area contributed by atoms with Crippen LogP contribution in [0.4, 0.5) is 59.5 Å². The van der Waals surface area contributed by atoms with Gasteiger partial charge in [0.1, 0.15) is 29.7 Å². The summed E-state index contributed by atoms with van der Waals surface area (Å²) in [5.41, 5.74) is 19.9. The Morgan fingerprint density at radius 1 is 0.434 bits per heavy atom. The van der Waals surface area contributed by atoms with Gasteiger partial charge in [-0.05, 0) is 211 Å². The second-order valence-electron chi connectivity index (χ2n) is 34.5. The SMILES string of the molecule is CC(C)c1c(C(=O)Nc2ccccc2)c(-c2ccnc(N)n2)c(-c2ccc(F)cc2)n1CC[C@@H]1C[C@@H](O)CC(=O)O1.CC(C)c1c(C(=O)Nc2ccccc2)c(-c2ccnc(Nc3ccccc3)n2)c(-c2ccc(F)cc2)n1CC[C@@H](O)C[C@@H](O)CC(=O)O.CC(C)c1c(C(=O)Nc2ccccc2)c(-c2ccnc(Nc3ccccc3)n2)c(-c2ccc(F)cc2)n1CC[C@@H]1C[C@@H](C)CC(=O)O1. The summed E-state index contributed by atoms with van der Waals surface area (Å²) in [4.78, 5) is 105. The Morgan fingerprint density at radius 2 is 0.765 bits per heavy atom. The van der Waals surface area contributed by atoms with Gasteiger partial charge in [-0.2, -0.15) is 0 Å². The van der Waals surface area contributed by atoms with Gasteiger partial charge < -0.3 is 75.9 Å². The molecular formula is C106H108F3N15O12. The second kappa shape index (κ2) is 45.0. The zero-order valence-electron chi connectivity index (χ0n) is 76.3. The highest BCUT2D eigenvalue weighted by molar-refractivity contribution is 6.14. The number of aliphatic hydroxyl groups is 3. The van der Waals surface area contributed by atoms with Crippen molar-refractivity contribution in [2.24, 2.45) is 5.92 Å². The smallest absolute Gasteiger partial charge is 0.308 e. The predicted molar refractivity (Wildman–Crippen MR) is 518 cm³/mol. The number of amides is 3. The van der Waals surface area contributed by atoms with Gasteiger partial charge in [-0.3, -0.25) is 28.8 Å². The third kappa shape index (κ3) is 24.4. The number of carboxylic acids is 1. The molecule has 11 N–H and O–H groups in total. The Bertz CT molecular complexity index is 6490. The molecule has 6 aromatic heterocycles. The van der Waals surface area contributed by atoms with E-state index in [0.717, 1.165) is 40.4 Å². The van der Waals surface area contributed by atoms with Gasteiger partial charge in [0.2, 0.25) is 17.8 Å². The number of halogens is 3. The first-order valence-corrected chi connectivity index (χ1v) is 45.3. The van der Waals surface area contributed by atoms with Crippen LogP contribution in [0.15, 0.2) is 261 Å². The Balaban J connectivity index is 0.000000164. The first kappa shape index (κ1) is 96.8. The average molecular weight is 1840 g/mol. The number of carbonyl (C=O) groups is 6. The molecule has 0 saturated carbocycles. The van der Waals surface area contributed by atoms with E-state index in [1.54, 1.807) is 91.3 Å². The van der Waals surface area contributed by atoms with Crippen LogP contribution in [0.25, 0.3) is 67.5 Å². The molecule has 136 heavy (non-hydrogen) atoms. The van der Waals surface area contributed by atoms with Crippen molar-refractivity contribution in [3.63, 3.8) is 0 Å². The molecule has 27 nitrogen and oxygen atoms in total. The molecule has 2 fully saturated rings. The molecule has 700 valence electrons. The van der Waals surface area contributed by atoms with Crippen LogP contribution >= 0.6 is 0 Å². The third-order valence-electron chi connectivity index (χ3n) is 23.2. The van der Waals surface area contributed by atoms with E-state index >= 15 is 0 Å². The number of aromatic nitrogens is 9. The highest BCUT2D eigenvalue weighted by Gasteiger charge is 2.38. The quantitative estimate of drug-likeness (QED) is 0.0175. The van der Waals surface area contributed by atoms with Crippen molar-refractivity contribution in [2.75, 3.05) is 32.3 Å². The van der Waals surface area contributed by atoms with E-state index in [4.69, 9.17) is 30.3 Å². The minimum atomic E-state index is -1.22. The number of rotatable bonds is 32. The molecule has 6 atom stereocenters. The number of cyclic esters (lactones) is 2. The Labute approximate surface area is 785 Å². The van der Waals surface area contributed by atoms with Gasteiger partial charge in [-0.1, -0.05) is 139 Å². The van der Waals surface area contributed by atoms with Gasteiger partial charge in [0.15, 0.2) is 0 Å². The van der Waals surface area contributed by atoms with Crippen molar-refractivity contribution < 1.29 is 71.8 Å². The van der Waals surface area contributed by atoms with Crippen LogP contribution in [0.5, 0.6) is 0 Å². The van der Waals surface area contributed by atoms with E-state index < -0.39 is 54.4 Å². The van der Waals surface area contributed by atoms with E-state index in [-0.39, 0.29) is 91.0 Å². The zero-order valence-corrected chi connectivity index (χ0v) is 76.3. The van der Waals surface area contributed by atoms with Crippen LogP contribution < -0.4 is 32.3 Å². The molecule has 16 rings (SSSR count). The number of aliphatic carboxylic acids is 1. The fourth-order valence-corrected chi connectivity index (χ4v) is 17.5. The number of esters is 2. The molecule has 0 bridgehead atoms. The second-order valence-corrected chi connectivity index (χ2v) is 34.5. The molecule has 30 heteroatoms. The molecule has 0 aliphatic carbocycles. The van der Waals surface area contributed by atoms with Gasteiger partial charge in [0.25, 0.3) is 17.7 Å². The monoisotopic (exact) mass is 1840 g/mol. The number of carbonyl (C=O) groups excluding carboxylic acids is 5. The Kier molecular flexibility index (Phi) is 32.0. The average Bonchev–Trinajstić information content (AvgIpc) is 1.60. The van der Waals surface area contributed by atoms with Crippen molar-refractivity contribution >= 4 is 81.9 Å². The number of nitrogen functional groups attached to an aromatic ring is 1. The van der Waals surface area contributed by atoms with E-state index in [2.05, 4.69) is 71.9 Å². The number of hydrogen-bond acceptors (Lipinski definition) is 20. The molecule has 0 radical (unpaired) electrons. The normalized spacial score (nSPS) is 15.1. The lowest BCUT2D eigenvalue weighted by Gasteiger charge is -2.27. The van der Waals surface area contributed by atoms with Crippen molar-refractivity contribution in [2.45, 2.75) is 174 Å². The number of nitrogens with zero attached hydrogens (tertiary/aromatic N) is 9. The maximum absolute atomic E-state index is 14.4. The van der Waals surface area contributed by atoms with Gasteiger partial charge >= 0.3 is 17.9 Å². The van der Waals surface area contributed by atoms with Crippen molar-refractivity contribution in [1.29, 1.82) is 0 Å². The summed E-state index contributed by atoms with van der Waals surface area (Å²) in [7, 11) is 0. The van der Waals surface area contributed by atoms with Gasteiger partial charge in [0.05, 0.1) is 82.0 Å². The molecule has 2 aliphatic rings. The minimum Gasteiger partial charge on any atom is -0.481 e. The van der Waals surface area contributed by atoms with Crippen LogP contribution in [0.2, 0.25) is 0 Å². The van der Waals surface area contributed by atoms with Crippen LogP contribution in [0.1, 0.15) is 172 Å². The highest BCUT2D eigenvalue weighted by atomic mass is 19.1. The number of nitrogens with one attached hydrogen (secondary N) is 5. The van der Waals surface area contributed by atoms with Gasteiger partial charge in [0, 0.05) is 126 Å². The standard InChI is InChI=1S/C38H38FN5O3.C37H38FN5O5.C31H32FN5O4/c1-24(2)35-34(37(46)41-28-10-6-4-7-11-28)33(31-18-20-40-38(43-31)42-29-12-8-5-9-13-29)36(26-14-16-27(39)17-15-26)44(35)21-19-30-22-25(3)23-32(45)47-30;1-23(2)34-33(36(48)40-26-9-5-3-6-10-26)32(30-17-19-39-37(42-30)41-27-11-7-4-8-12-27)35(24-13-15-25(38)16-14-24)43(34)20-18-28(44)21-29(45)22-31(46)47;1-18(2)28-27(30(40)35-21-6-4-3-5-7-21)26(24-12-14-34-31(33)36-24)29(19-8-10-20(32)11-9-19)37(28)15-13-23-16-22(38)17-25(39)41-23/h4-18,20,24-25,30H,19,21-23H2,1-3H3,(H,41,46)(H,40,42,43);3-17,19,23,28-29,44-45H,18,20-22H2,1-2H3,(H,40,48)(H,46,47)(H,39,41,42);3-12,14,18,22-23,38H,13,15-17H2,1-2H3,(H,35,40)(H2,33,34,36)/t25-,30-;28-,29-;22-,23-/m111/s1. The van der Waals surface area contributed by atoms with E-state index in [9.17, 15) is 57.3 Å². The summed E-state index contributed by atoms with van der Waals surface area (Å²) in [5.74, 6) is -3.44. The fraction of sp³-hybridized carbons (Fsp3) is 0.264. The lowest BCUT2D eigenvalue weighted by atomic mass is 9.95. The summed E-state index contributed by atoms with van der Waals surface area (Å²) in [6.07, 6.45) is 2.99. The third-order valence-corrected chi connectivity index (χ3v) is 23.2. The van der Waals surface area contributed by atoms with Crippen LogP contribution in [0.3, 0.4) is 0 Å². The molecule has 14 aromatic rings. The molecular weight excluding hydrogens is 1730 g/mol. The molecule has 3 amide bonds. The predicted octanol–water partition coefficient (Wildman–Crippen LogP) is 20.6. The topological polar surface area (TPSA) is 380 Å². The van der Waals surface area contributed by atoms with Crippen molar-refractivity contribution in [3.8, 4) is 67.5 Å². The fourth-order valence-electron chi connectivity index (χ4n) is 17.5. The minimum absolute atomic E-state index is 0.0266. The van der Waals surface area contributed by atoms with E-state index in [1.165, 1.54) is 42.6 Å². The van der Waals surface area contributed by atoms with E-state index in [1.807, 2.05) is 164 Å². The summed E-state index contributed by atoms with van der Waals surface area (Å²) in [5, 5.41) is 55.9. The number of benzene rings is 8. The van der Waals surface area contributed by atoms with E-state index in [0.29, 0.717) is 146 Å². The lowest BCUT2D eigenvalue weighted by Crippen LogP contribution is -2.33. The van der Waals surface area contributed by atoms with Crippen LogP contribution in [0, 0.1) is 23.4 Å².